The minimum atomic E-state index is -0.403. The zero-order valence-corrected chi connectivity index (χ0v) is 20.5. The van der Waals surface area contributed by atoms with Gasteiger partial charge in [0, 0.05) is 33.9 Å². The second-order valence-electron chi connectivity index (χ2n) is 10.1. The predicted molar refractivity (Wildman–Crippen MR) is 144 cm³/mol. The van der Waals surface area contributed by atoms with Crippen LogP contribution in [-0.2, 0) is 9.31 Å². The van der Waals surface area contributed by atoms with Crippen LogP contribution in [0.2, 0.25) is 0 Å². The van der Waals surface area contributed by atoms with Gasteiger partial charge in [0.1, 0.15) is 11.2 Å². The number of fused-ring (bicyclic) bond motifs is 3. The van der Waals surface area contributed by atoms with Crippen LogP contribution in [-0.4, -0.2) is 18.3 Å². The first-order chi connectivity index (χ1) is 16.8. The van der Waals surface area contributed by atoms with Gasteiger partial charge >= 0.3 is 7.12 Å². The molecule has 0 radical (unpaired) electrons. The number of para-hydroxylation sites is 2. The molecule has 5 aromatic rings. The molecule has 0 spiro atoms. The van der Waals surface area contributed by atoms with Crippen molar-refractivity contribution in [2.75, 3.05) is 4.90 Å². The van der Waals surface area contributed by atoms with Gasteiger partial charge in [0.25, 0.3) is 0 Å². The highest BCUT2D eigenvalue weighted by atomic mass is 16.7. The molecule has 0 N–H and O–H groups in total. The largest absolute Gasteiger partial charge is 0.494 e. The molecule has 6 rings (SSSR count). The molecule has 1 aliphatic rings. The molecule has 0 aliphatic carbocycles. The van der Waals surface area contributed by atoms with Crippen LogP contribution in [0.3, 0.4) is 0 Å². The fourth-order valence-electron chi connectivity index (χ4n) is 4.65. The quantitative estimate of drug-likeness (QED) is 0.262. The van der Waals surface area contributed by atoms with Crippen molar-refractivity contribution in [3.8, 4) is 0 Å². The molecule has 0 saturated carbocycles. The van der Waals surface area contributed by atoms with E-state index < -0.39 is 7.12 Å². The Labute approximate surface area is 206 Å². The number of benzene rings is 4. The molecule has 2 heterocycles. The highest BCUT2D eigenvalue weighted by Crippen LogP contribution is 2.39. The Hall–Kier alpha value is -3.54. The third-order valence-corrected chi connectivity index (χ3v) is 7.29. The Morgan fingerprint density at radius 3 is 1.77 bits per heavy atom. The third-order valence-electron chi connectivity index (χ3n) is 7.29. The molecule has 0 bridgehead atoms. The molecule has 1 saturated heterocycles. The number of hydrogen-bond acceptors (Lipinski definition) is 4. The van der Waals surface area contributed by atoms with E-state index in [-0.39, 0.29) is 11.2 Å². The minimum absolute atomic E-state index is 0.377. The Bertz CT molecular complexity index is 1450. The van der Waals surface area contributed by atoms with Crippen LogP contribution in [0, 0.1) is 0 Å². The van der Waals surface area contributed by atoms with Gasteiger partial charge in [-0.1, -0.05) is 48.5 Å². The fourth-order valence-corrected chi connectivity index (χ4v) is 4.65. The second kappa shape index (κ2) is 8.01. The van der Waals surface area contributed by atoms with E-state index >= 15 is 0 Å². The molecule has 5 heteroatoms. The van der Waals surface area contributed by atoms with E-state index in [1.54, 1.807) is 0 Å². The Morgan fingerprint density at radius 2 is 1.17 bits per heavy atom. The molecule has 4 aromatic carbocycles. The summed E-state index contributed by atoms with van der Waals surface area (Å²) in [5.41, 5.74) is 5.17. The highest BCUT2D eigenvalue weighted by Gasteiger charge is 2.51. The average molecular weight is 461 g/mol. The van der Waals surface area contributed by atoms with E-state index in [4.69, 9.17) is 13.7 Å². The van der Waals surface area contributed by atoms with Crippen LogP contribution in [0.5, 0.6) is 0 Å². The van der Waals surface area contributed by atoms with E-state index in [1.165, 1.54) is 0 Å². The summed E-state index contributed by atoms with van der Waals surface area (Å²) in [6.07, 6.45) is 0. The number of nitrogens with zero attached hydrogens (tertiary/aromatic N) is 1. The third kappa shape index (κ3) is 3.72. The Morgan fingerprint density at radius 1 is 0.571 bits per heavy atom. The van der Waals surface area contributed by atoms with Crippen molar-refractivity contribution in [2.45, 2.75) is 38.9 Å². The molecule has 35 heavy (non-hydrogen) atoms. The molecule has 1 aromatic heterocycles. The zero-order valence-electron chi connectivity index (χ0n) is 20.5. The molecule has 0 amide bonds. The molecular weight excluding hydrogens is 433 g/mol. The molecule has 174 valence electrons. The van der Waals surface area contributed by atoms with Gasteiger partial charge in [0.15, 0.2) is 0 Å². The first kappa shape index (κ1) is 22.0. The number of anilines is 3. The standard InChI is InChI=1S/C30H28BNO3/c1-29(2)30(3,4)35-31(34-29)21-15-18-27-26(19-21)25-17-16-24(20-28(25)33-27)32(22-11-7-5-8-12-22)23-13-9-6-10-14-23/h5-20H,1-4H3. The van der Waals surface area contributed by atoms with Gasteiger partial charge in [0.05, 0.1) is 11.2 Å². The van der Waals surface area contributed by atoms with Crippen molar-refractivity contribution < 1.29 is 13.7 Å². The maximum absolute atomic E-state index is 6.31. The molecule has 1 fully saturated rings. The van der Waals surface area contributed by atoms with Gasteiger partial charge in [-0.15, -0.1) is 0 Å². The average Bonchev–Trinajstić information content (AvgIpc) is 3.32. The van der Waals surface area contributed by atoms with Crippen molar-refractivity contribution in [3.05, 3.63) is 97.1 Å². The van der Waals surface area contributed by atoms with Crippen LogP contribution in [0.25, 0.3) is 21.9 Å². The topological polar surface area (TPSA) is 34.8 Å². The Balaban J connectivity index is 1.43. The van der Waals surface area contributed by atoms with Gasteiger partial charge < -0.3 is 18.6 Å². The molecular formula is C30H28BNO3. The lowest BCUT2D eigenvalue weighted by atomic mass is 9.78. The number of furan rings is 1. The summed E-state index contributed by atoms with van der Waals surface area (Å²) in [6, 6.07) is 33.4. The number of rotatable bonds is 4. The minimum Gasteiger partial charge on any atom is -0.456 e. The molecule has 1 aliphatic heterocycles. The van der Waals surface area contributed by atoms with E-state index in [0.29, 0.717) is 0 Å². The predicted octanol–water partition coefficient (Wildman–Crippen LogP) is 7.36. The van der Waals surface area contributed by atoms with Gasteiger partial charge in [-0.25, -0.2) is 0 Å². The maximum atomic E-state index is 6.31. The SMILES string of the molecule is CC1(C)OB(c2ccc3oc4cc(N(c5ccccc5)c5ccccc5)ccc4c3c2)OC1(C)C. The van der Waals surface area contributed by atoms with Gasteiger partial charge in [-0.05, 0) is 75.6 Å². The lowest BCUT2D eigenvalue weighted by Gasteiger charge is -2.32. The highest BCUT2D eigenvalue weighted by molar-refractivity contribution is 6.62. The van der Waals surface area contributed by atoms with Crippen molar-refractivity contribution in [3.63, 3.8) is 0 Å². The lowest BCUT2D eigenvalue weighted by Crippen LogP contribution is -2.41. The van der Waals surface area contributed by atoms with Crippen molar-refractivity contribution in [1.82, 2.24) is 0 Å². The van der Waals surface area contributed by atoms with E-state index in [2.05, 4.69) is 105 Å². The fraction of sp³-hybridized carbons (Fsp3) is 0.200. The molecule has 0 unspecified atom stereocenters. The van der Waals surface area contributed by atoms with Crippen LogP contribution >= 0.6 is 0 Å². The molecule has 4 nitrogen and oxygen atoms in total. The van der Waals surface area contributed by atoms with Gasteiger partial charge in [-0.3, -0.25) is 0 Å². The maximum Gasteiger partial charge on any atom is 0.494 e. The van der Waals surface area contributed by atoms with Crippen molar-refractivity contribution >= 4 is 51.6 Å². The lowest BCUT2D eigenvalue weighted by molar-refractivity contribution is 0.00578. The normalized spacial score (nSPS) is 16.7. The van der Waals surface area contributed by atoms with E-state index in [1.807, 2.05) is 24.3 Å². The molecule has 0 atom stereocenters. The summed E-state index contributed by atoms with van der Waals surface area (Å²) in [5, 5.41) is 2.13. The van der Waals surface area contributed by atoms with Crippen molar-refractivity contribution in [2.24, 2.45) is 0 Å². The number of hydrogen-bond donors (Lipinski definition) is 0. The van der Waals surface area contributed by atoms with E-state index in [0.717, 1.165) is 44.5 Å². The van der Waals surface area contributed by atoms with E-state index in [9.17, 15) is 0 Å². The van der Waals surface area contributed by atoms with Crippen LogP contribution in [0.15, 0.2) is 101 Å². The monoisotopic (exact) mass is 461 g/mol. The van der Waals surface area contributed by atoms with Crippen LogP contribution < -0.4 is 10.4 Å². The summed E-state index contributed by atoms with van der Waals surface area (Å²) in [6.45, 7) is 8.30. The smallest absolute Gasteiger partial charge is 0.456 e. The Kier molecular flexibility index (Phi) is 5.03. The van der Waals surface area contributed by atoms with Crippen LogP contribution in [0.1, 0.15) is 27.7 Å². The summed E-state index contributed by atoms with van der Waals surface area (Å²) in [7, 11) is -0.403. The van der Waals surface area contributed by atoms with Gasteiger partial charge in [-0.2, -0.15) is 0 Å². The van der Waals surface area contributed by atoms with Crippen LogP contribution in [0.4, 0.5) is 17.1 Å². The van der Waals surface area contributed by atoms with Crippen molar-refractivity contribution in [1.29, 1.82) is 0 Å². The summed E-state index contributed by atoms with van der Waals surface area (Å²) in [5.74, 6) is 0. The summed E-state index contributed by atoms with van der Waals surface area (Å²) in [4.78, 5) is 2.24. The summed E-state index contributed by atoms with van der Waals surface area (Å²) >= 11 is 0. The second-order valence-corrected chi connectivity index (χ2v) is 10.1. The van der Waals surface area contributed by atoms with Gasteiger partial charge in [0.2, 0.25) is 0 Å². The first-order valence-electron chi connectivity index (χ1n) is 12.0. The summed E-state index contributed by atoms with van der Waals surface area (Å²) < 4.78 is 18.9. The first-order valence-corrected chi connectivity index (χ1v) is 12.0. The zero-order chi connectivity index (χ0) is 24.2.